The third-order valence-electron chi connectivity index (χ3n) is 4.01. The molecule has 1 aliphatic carbocycles. The van der Waals surface area contributed by atoms with Crippen molar-refractivity contribution >= 4 is 23.1 Å². The number of fused-ring (bicyclic) bond motifs is 1. The van der Waals surface area contributed by atoms with Gasteiger partial charge in [-0.3, -0.25) is 4.40 Å². The summed E-state index contributed by atoms with van der Waals surface area (Å²) in [5, 5.41) is 12.3. The predicted molar refractivity (Wildman–Crippen MR) is 81.6 cm³/mol. The third kappa shape index (κ3) is 2.34. The summed E-state index contributed by atoms with van der Waals surface area (Å²) in [6.07, 6.45) is 7.44. The molecule has 1 saturated carbocycles. The van der Waals surface area contributed by atoms with Gasteiger partial charge in [0, 0.05) is 23.5 Å². The van der Waals surface area contributed by atoms with E-state index < -0.39 is 0 Å². The van der Waals surface area contributed by atoms with Crippen LogP contribution in [0.1, 0.15) is 24.3 Å². The molecule has 0 spiro atoms. The van der Waals surface area contributed by atoms with E-state index in [0.717, 1.165) is 29.3 Å². The normalized spacial score (nSPS) is 21.2. The van der Waals surface area contributed by atoms with Crippen molar-refractivity contribution in [2.75, 3.05) is 5.32 Å². The largest absolute Gasteiger partial charge is 0.364 e. The first-order valence-electron chi connectivity index (χ1n) is 6.96. The lowest BCUT2D eigenvalue weighted by Gasteiger charge is -2.36. The van der Waals surface area contributed by atoms with E-state index in [1.165, 1.54) is 5.56 Å². The fourth-order valence-corrected chi connectivity index (χ4v) is 3.02. The SMILES string of the molecule is Clc1cccc(C2CC(Nc3nccn4cnnc34)C2)c1. The summed E-state index contributed by atoms with van der Waals surface area (Å²) in [4.78, 5) is 4.36. The number of rotatable bonds is 3. The highest BCUT2D eigenvalue weighted by Crippen LogP contribution is 2.39. The highest BCUT2D eigenvalue weighted by Gasteiger charge is 2.31. The molecule has 0 bridgehead atoms. The number of anilines is 1. The molecule has 1 aromatic carbocycles. The van der Waals surface area contributed by atoms with Crippen molar-refractivity contribution in [1.82, 2.24) is 19.6 Å². The van der Waals surface area contributed by atoms with Crippen LogP contribution in [-0.2, 0) is 0 Å². The highest BCUT2D eigenvalue weighted by molar-refractivity contribution is 6.30. The quantitative estimate of drug-likeness (QED) is 0.807. The summed E-state index contributed by atoms with van der Waals surface area (Å²) in [6, 6.07) is 8.54. The van der Waals surface area contributed by atoms with Gasteiger partial charge in [-0.1, -0.05) is 23.7 Å². The Bertz CT molecular complexity index is 778. The number of hydrogen-bond acceptors (Lipinski definition) is 4. The minimum atomic E-state index is 0.421. The van der Waals surface area contributed by atoms with Crippen LogP contribution in [-0.4, -0.2) is 25.6 Å². The van der Waals surface area contributed by atoms with Crippen LogP contribution >= 0.6 is 11.6 Å². The molecule has 0 radical (unpaired) electrons. The molecule has 106 valence electrons. The van der Waals surface area contributed by atoms with Gasteiger partial charge in [0.15, 0.2) is 5.82 Å². The van der Waals surface area contributed by atoms with Crippen molar-refractivity contribution in [1.29, 1.82) is 0 Å². The van der Waals surface area contributed by atoms with Crippen molar-refractivity contribution < 1.29 is 0 Å². The second-order valence-electron chi connectivity index (χ2n) is 5.40. The summed E-state index contributed by atoms with van der Waals surface area (Å²) in [5.74, 6) is 1.36. The molecule has 6 heteroatoms. The Balaban J connectivity index is 1.46. The molecule has 0 unspecified atom stereocenters. The summed E-state index contributed by atoms with van der Waals surface area (Å²) in [6.45, 7) is 0. The van der Waals surface area contributed by atoms with Crippen LogP contribution in [0, 0.1) is 0 Å². The molecule has 21 heavy (non-hydrogen) atoms. The molecule has 0 saturated heterocycles. The Labute approximate surface area is 127 Å². The molecular weight excluding hydrogens is 286 g/mol. The third-order valence-corrected chi connectivity index (χ3v) is 4.25. The zero-order valence-corrected chi connectivity index (χ0v) is 12.0. The molecule has 1 aliphatic rings. The molecule has 1 N–H and O–H groups in total. The number of benzene rings is 1. The first-order chi connectivity index (χ1) is 10.3. The maximum absolute atomic E-state index is 6.05. The summed E-state index contributed by atoms with van der Waals surface area (Å²) in [7, 11) is 0. The predicted octanol–water partition coefficient (Wildman–Crippen LogP) is 3.14. The number of aromatic nitrogens is 4. The Kier molecular flexibility index (Phi) is 3.00. The molecule has 3 aromatic rings. The van der Waals surface area contributed by atoms with Gasteiger partial charge >= 0.3 is 0 Å². The van der Waals surface area contributed by atoms with Gasteiger partial charge in [-0.05, 0) is 36.5 Å². The molecule has 5 nitrogen and oxygen atoms in total. The standard InChI is InChI=1S/C15H14ClN5/c16-12-3-1-2-10(6-12)11-7-13(8-11)19-14-15-20-18-9-21(15)5-4-17-14/h1-6,9,11,13H,7-8H2,(H,17,19). The lowest BCUT2D eigenvalue weighted by atomic mass is 9.76. The van der Waals surface area contributed by atoms with Crippen LogP contribution in [0.3, 0.4) is 0 Å². The zero-order valence-electron chi connectivity index (χ0n) is 11.3. The van der Waals surface area contributed by atoms with Gasteiger partial charge in [-0.15, -0.1) is 10.2 Å². The summed E-state index contributed by atoms with van der Waals surface area (Å²) >= 11 is 6.05. The summed E-state index contributed by atoms with van der Waals surface area (Å²) in [5.41, 5.74) is 2.08. The van der Waals surface area contributed by atoms with E-state index >= 15 is 0 Å². The average molecular weight is 300 g/mol. The molecule has 0 aliphatic heterocycles. The van der Waals surface area contributed by atoms with E-state index in [1.54, 1.807) is 12.5 Å². The monoisotopic (exact) mass is 299 g/mol. The van der Waals surface area contributed by atoms with E-state index in [0.29, 0.717) is 12.0 Å². The second-order valence-corrected chi connectivity index (χ2v) is 5.84. The lowest BCUT2D eigenvalue weighted by Crippen LogP contribution is -2.34. The molecule has 1 fully saturated rings. The molecule has 0 amide bonds. The fourth-order valence-electron chi connectivity index (χ4n) is 2.82. The maximum Gasteiger partial charge on any atom is 0.203 e. The number of nitrogens with one attached hydrogen (secondary N) is 1. The van der Waals surface area contributed by atoms with Crippen molar-refractivity contribution in [3.05, 3.63) is 53.6 Å². The van der Waals surface area contributed by atoms with Gasteiger partial charge in [-0.25, -0.2) is 4.98 Å². The Morgan fingerprint density at radius 3 is 3.05 bits per heavy atom. The maximum atomic E-state index is 6.05. The van der Waals surface area contributed by atoms with Crippen molar-refractivity contribution in [3.8, 4) is 0 Å². The minimum absolute atomic E-state index is 0.421. The van der Waals surface area contributed by atoms with Gasteiger partial charge in [0.05, 0.1) is 0 Å². The smallest absolute Gasteiger partial charge is 0.203 e. The lowest BCUT2D eigenvalue weighted by molar-refractivity contribution is 0.373. The van der Waals surface area contributed by atoms with Crippen LogP contribution in [0.2, 0.25) is 5.02 Å². The molecule has 2 heterocycles. The van der Waals surface area contributed by atoms with Gasteiger partial charge in [0.25, 0.3) is 0 Å². The van der Waals surface area contributed by atoms with Crippen LogP contribution in [0.15, 0.2) is 43.0 Å². The van der Waals surface area contributed by atoms with Crippen LogP contribution in [0.25, 0.3) is 5.65 Å². The average Bonchev–Trinajstić information content (AvgIpc) is 2.91. The number of nitrogens with zero attached hydrogens (tertiary/aromatic N) is 4. The van der Waals surface area contributed by atoms with Crippen LogP contribution < -0.4 is 5.32 Å². The van der Waals surface area contributed by atoms with E-state index in [4.69, 9.17) is 11.6 Å². The number of halogens is 1. The molecule has 2 aromatic heterocycles. The Morgan fingerprint density at radius 1 is 1.29 bits per heavy atom. The summed E-state index contributed by atoms with van der Waals surface area (Å²) < 4.78 is 1.86. The van der Waals surface area contributed by atoms with E-state index in [1.807, 2.05) is 22.7 Å². The van der Waals surface area contributed by atoms with E-state index in [9.17, 15) is 0 Å². The Morgan fingerprint density at radius 2 is 2.19 bits per heavy atom. The van der Waals surface area contributed by atoms with Gasteiger partial charge in [0.1, 0.15) is 6.33 Å². The first kappa shape index (κ1) is 12.6. The van der Waals surface area contributed by atoms with Gasteiger partial charge < -0.3 is 5.32 Å². The molecule has 4 rings (SSSR count). The molecule has 0 atom stereocenters. The van der Waals surface area contributed by atoms with Crippen molar-refractivity contribution in [3.63, 3.8) is 0 Å². The van der Waals surface area contributed by atoms with Crippen LogP contribution in [0.4, 0.5) is 5.82 Å². The van der Waals surface area contributed by atoms with Crippen LogP contribution in [0.5, 0.6) is 0 Å². The minimum Gasteiger partial charge on any atom is -0.364 e. The first-order valence-corrected chi connectivity index (χ1v) is 7.34. The van der Waals surface area contributed by atoms with Gasteiger partial charge in [-0.2, -0.15) is 0 Å². The second kappa shape index (κ2) is 5.00. The van der Waals surface area contributed by atoms with E-state index in [-0.39, 0.29) is 0 Å². The zero-order chi connectivity index (χ0) is 14.2. The number of hydrogen-bond donors (Lipinski definition) is 1. The van der Waals surface area contributed by atoms with Gasteiger partial charge in [0.2, 0.25) is 5.65 Å². The fraction of sp³-hybridized carbons (Fsp3) is 0.267. The highest BCUT2D eigenvalue weighted by atomic mass is 35.5. The molecular formula is C15H14ClN5. The topological polar surface area (TPSA) is 55.1 Å². The Hall–Kier alpha value is -2.14. The van der Waals surface area contributed by atoms with Crippen molar-refractivity contribution in [2.24, 2.45) is 0 Å². The van der Waals surface area contributed by atoms with Crippen molar-refractivity contribution in [2.45, 2.75) is 24.8 Å². The van der Waals surface area contributed by atoms with E-state index in [2.05, 4.69) is 32.6 Å².